The van der Waals surface area contributed by atoms with Gasteiger partial charge in [-0.15, -0.1) is 0 Å². The molecule has 5 nitrogen and oxygen atoms in total. The van der Waals surface area contributed by atoms with Crippen LogP contribution in [0.4, 0.5) is 8.78 Å². The number of nitrogens with zero attached hydrogens (tertiary/aromatic N) is 1. The Morgan fingerprint density at radius 1 is 1.32 bits per heavy atom. The van der Waals surface area contributed by atoms with Crippen molar-refractivity contribution in [2.45, 2.75) is 37.7 Å². The summed E-state index contributed by atoms with van der Waals surface area (Å²) < 4.78 is 32.5. The van der Waals surface area contributed by atoms with Crippen molar-refractivity contribution in [1.82, 2.24) is 4.90 Å². The minimum atomic E-state index is -0.970. The van der Waals surface area contributed by atoms with Crippen molar-refractivity contribution in [2.24, 2.45) is 5.92 Å². The van der Waals surface area contributed by atoms with Crippen LogP contribution in [0.25, 0.3) is 0 Å². The number of halogens is 2. The zero-order chi connectivity index (χ0) is 18.0. The average molecular weight is 353 g/mol. The van der Waals surface area contributed by atoms with Crippen LogP contribution in [-0.2, 0) is 14.3 Å². The molecule has 7 heteroatoms. The smallest absolute Gasteiger partial charge is 0.305 e. The van der Waals surface area contributed by atoms with Gasteiger partial charge < -0.3 is 14.7 Å². The van der Waals surface area contributed by atoms with Gasteiger partial charge in [0.1, 0.15) is 11.6 Å². The molecule has 3 rings (SSSR count). The lowest BCUT2D eigenvalue weighted by molar-refractivity contribution is -0.139. The van der Waals surface area contributed by atoms with Crippen molar-refractivity contribution >= 4 is 11.9 Å². The predicted octanol–water partition coefficient (Wildman–Crippen LogP) is 2.55. The first kappa shape index (κ1) is 17.8. The number of carbonyl (C=O) groups is 2. The van der Waals surface area contributed by atoms with Crippen LogP contribution in [-0.4, -0.2) is 47.7 Å². The topological polar surface area (TPSA) is 66.8 Å². The molecule has 2 aliphatic rings. The zero-order valence-corrected chi connectivity index (χ0v) is 13.8. The van der Waals surface area contributed by atoms with E-state index in [0.717, 1.165) is 18.9 Å². The third-order valence-corrected chi connectivity index (χ3v) is 4.82. The Balaban J connectivity index is 1.66. The van der Waals surface area contributed by atoms with E-state index in [1.807, 2.05) is 0 Å². The van der Waals surface area contributed by atoms with E-state index in [1.54, 1.807) is 0 Å². The van der Waals surface area contributed by atoms with Crippen molar-refractivity contribution in [3.63, 3.8) is 0 Å². The number of hydrogen-bond donors (Lipinski definition) is 1. The molecule has 1 N–H and O–H groups in total. The first-order valence-electron chi connectivity index (χ1n) is 8.53. The maximum absolute atomic E-state index is 13.9. The van der Waals surface area contributed by atoms with Crippen LogP contribution in [0.1, 0.15) is 37.2 Å². The Morgan fingerprint density at radius 3 is 2.76 bits per heavy atom. The highest BCUT2D eigenvalue weighted by atomic mass is 19.1. The molecule has 2 fully saturated rings. The van der Waals surface area contributed by atoms with Crippen molar-refractivity contribution in [1.29, 1.82) is 0 Å². The number of ether oxygens (including phenoxy) is 1. The van der Waals surface area contributed by atoms with E-state index in [1.165, 1.54) is 17.0 Å². The third-order valence-electron chi connectivity index (χ3n) is 4.82. The normalized spacial score (nSPS) is 25.0. The number of amides is 1. The summed E-state index contributed by atoms with van der Waals surface area (Å²) in [6.07, 6.45) is 2.06. The quantitative estimate of drug-likeness (QED) is 0.818. The van der Waals surface area contributed by atoms with E-state index in [0.29, 0.717) is 25.1 Å². The number of benzene rings is 1. The molecule has 0 aromatic heterocycles. The molecule has 3 atom stereocenters. The van der Waals surface area contributed by atoms with E-state index in [4.69, 9.17) is 9.84 Å². The monoisotopic (exact) mass is 353 g/mol. The second-order valence-corrected chi connectivity index (χ2v) is 6.68. The molecule has 0 unspecified atom stereocenters. The van der Waals surface area contributed by atoms with Gasteiger partial charge in [-0.2, -0.15) is 0 Å². The molecule has 1 aromatic rings. The summed E-state index contributed by atoms with van der Waals surface area (Å²) in [7, 11) is 0. The van der Waals surface area contributed by atoms with E-state index < -0.39 is 17.6 Å². The fourth-order valence-corrected chi connectivity index (χ4v) is 3.40. The van der Waals surface area contributed by atoms with Gasteiger partial charge in [-0.05, 0) is 36.8 Å². The molecule has 1 aromatic carbocycles. The Hall–Kier alpha value is -2.02. The molecule has 1 heterocycles. The van der Waals surface area contributed by atoms with Crippen LogP contribution in [0.2, 0.25) is 0 Å². The molecule has 0 radical (unpaired) electrons. The largest absolute Gasteiger partial charge is 0.481 e. The van der Waals surface area contributed by atoms with Crippen LogP contribution in [0, 0.1) is 17.6 Å². The lowest BCUT2D eigenvalue weighted by Gasteiger charge is -2.25. The zero-order valence-electron chi connectivity index (χ0n) is 13.8. The van der Waals surface area contributed by atoms with Crippen LogP contribution in [0.15, 0.2) is 18.2 Å². The van der Waals surface area contributed by atoms with E-state index in [-0.39, 0.29) is 36.8 Å². The number of carboxylic acid groups (broad SMARTS) is 1. The lowest BCUT2D eigenvalue weighted by Crippen LogP contribution is -2.39. The summed E-state index contributed by atoms with van der Waals surface area (Å²) >= 11 is 0. The summed E-state index contributed by atoms with van der Waals surface area (Å²) in [5.41, 5.74) is 0.343. The fourth-order valence-electron chi connectivity index (χ4n) is 3.40. The molecule has 1 saturated carbocycles. The summed E-state index contributed by atoms with van der Waals surface area (Å²) in [5, 5.41) is 8.90. The van der Waals surface area contributed by atoms with Gasteiger partial charge in [0.2, 0.25) is 5.91 Å². The van der Waals surface area contributed by atoms with Crippen molar-refractivity contribution in [3.8, 4) is 0 Å². The third kappa shape index (κ3) is 4.34. The van der Waals surface area contributed by atoms with Crippen molar-refractivity contribution in [2.75, 3.05) is 19.7 Å². The van der Waals surface area contributed by atoms with E-state index >= 15 is 0 Å². The molecule has 1 aliphatic heterocycles. The minimum absolute atomic E-state index is 0.0718. The van der Waals surface area contributed by atoms with Crippen LogP contribution in [0.5, 0.6) is 0 Å². The number of rotatable bonds is 7. The molecule has 25 heavy (non-hydrogen) atoms. The predicted molar refractivity (Wildman–Crippen MR) is 85.0 cm³/mol. The number of hydrogen-bond acceptors (Lipinski definition) is 3. The van der Waals surface area contributed by atoms with Crippen molar-refractivity contribution in [3.05, 3.63) is 35.4 Å². The number of aliphatic carboxylic acids is 1. The maximum Gasteiger partial charge on any atom is 0.305 e. The maximum atomic E-state index is 13.9. The van der Waals surface area contributed by atoms with Crippen LogP contribution >= 0.6 is 0 Å². The average Bonchev–Trinajstić information content (AvgIpc) is 3.17. The summed E-state index contributed by atoms with van der Waals surface area (Å²) in [5.74, 6) is -3.09. The SMILES string of the molecule is O=C(O)CCN(C[C@@H]1CCCO1)C(=O)[C@@H]1C[C@H]1c1ccc(F)cc1F. The van der Waals surface area contributed by atoms with Gasteiger partial charge in [0.25, 0.3) is 0 Å². The van der Waals surface area contributed by atoms with Gasteiger partial charge in [-0.1, -0.05) is 6.07 Å². The standard InChI is InChI=1S/C18H21F2NO4/c19-11-3-4-13(16(20)8-11)14-9-15(14)18(24)21(6-5-17(22)23)10-12-2-1-7-25-12/h3-4,8,12,14-15H,1-2,5-7,9-10H2,(H,22,23)/t12-,14-,15+/m0/s1. The molecule has 136 valence electrons. The summed E-state index contributed by atoms with van der Waals surface area (Å²) in [4.78, 5) is 25.1. The Kier molecular flexibility index (Phi) is 5.32. The second kappa shape index (κ2) is 7.47. The van der Waals surface area contributed by atoms with Gasteiger partial charge in [-0.25, -0.2) is 8.78 Å². The highest BCUT2D eigenvalue weighted by Gasteiger charge is 2.47. The first-order chi connectivity index (χ1) is 12.0. The molecular weight excluding hydrogens is 332 g/mol. The number of carbonyl (C=O) groups excluding carboxylic acids is 1. The number of carboxylic acids is 1. The summed E-state index contributed by atoms with van der Waals surface area (Å²) in [6, 6.07) is 3.39. The lowest BCUT2D eigenvalue weighted by atomic mass is 10.1. The van der Waals surface area contributed by atoms with E-state index in [2.05, 4.69) is 0 Å². The Morgan fingerprint density at radius 2 is 2.12 bits per heavy atom. The highest BCUT2D eigenvalue weighted by molar-refractivity contribution is 5.83. The molecule has 0 spiro atoms. The molecule has 1 saturated heterocycles. The van der Waals surface area contributed by atoms with Crippen molar-refractivity contribution < 1.29 is 28.2 Å². The van der Waals surface area contributed by atoms with Gasteiger partial charge >= 0.3 is 5.97 Å². The second-order valence-electron chi connectivity index (χ2n) is 6.68. The Labute approximate surface area is 144 Å². The van der Waals surface area contributed by atoms with Crippen LogP contribution in [0.3, 0.4) is 0 Å². The van der Waals surface area contributed by atoms with Gasteiger partial charge in [0.05, 0.1) is 12.5 Å². The van der Waals surface area contributed by atoms with Gasteiger partial charge in [-0.3, -0.25) is 9.59 Å². The molecule has 1 amide bonds. The highest BCUT2D eigenvalue weighted by Crippen LogP contribution is 2.49. The fraction of sp³-hybridized carbons (Fsp3) is 0.556. The first-order valence-corrected chi connectivity index (χ1v) is 8.53. The van der Waals surface area contributed by atoms with Crippen LogP contribution < -0.4 is 0 Å². The molecule has 1 aliphatic carbocycles. The van der Waals surface area contributed by atoms with Gasteiger partial charge in [0, 0.05) is 31.7 Å². The van der Waals surface area contributed by atoms with Gasteiger partial charge in [0.15, 0.2) is 0 Å². The Bertz CT molecular complexity index is 660. The van der Waals surface area contributed by atoms with E-state index in [9.17, 15) is 18.4 Å². The molecular formula is C18H21F2NO4. The molecule has 0 bridgehead atoms. The summed E-state index contributed by atoms with van der Waals surface area (Å²) in [6.45, 7) is 1.13. The minimum Gasteiger partial charge on any atom is -0.481 e.